The second kappa shape index (κ2) is 7.04. The molecule has 0 amide bonds. The molecule has 0 aromatic heterocycles. The van der Waals surface area contributed by atoms with Crippen molar-refractivity contribution in [2.24, 2.45) is 0 Å². The number of hydrogen-bond acceptors (Lipinski definition) is 3. The quantitative estimate of drug-likeness (QED) is 0.710. The smallest absolute Gasteiger partial charge is 0.166 e. The number of rotatable bonds is 5. The maximum atomic E-state index is 5.40. The Morgan fingerprint density at radius 2 is 2.19 bits per heavy atom. The Labute approximate surface area is 103 Å². The monoisotopic (exact) mass is 246 g/mol. The Morgan fingerprint density at radius 1 is 1.44 bits per heavy atom. The summed E-state index contributed by atoms with van der Waals surface area (Å²) in [5.41, 5.74) is 0. The van der Waals surface area contributed by atoms with Crippen molar-refractivity contribution in [3.8, 4) is 0 Å². The van der Waals surface area contributed by atoms with Crippen LogP contribution in [0.4, 0.5) is 0 Å². The predicted molar refractivity (Wildman–Crippen MR) is 68.6 cm³/mol. The highest BCUT2D eigenvalue weighted by Crippen LogP contribution is 2.21. The summed E-state index contributed by atoms with van der Waals surface area (Å²) < 4.78 is 10.4. The van der Waals surface area contributed by atoms with Gasteiger partial charge < -0.3 is 20.1 Å². The van der Waals surface area contributed by atoms with Crippen LogP contribution in [0.3, 0.4) is 0 Å². The van der Waals surface area contributed by atoms with Gasteiger partial charge >= 0.3 is 0 Å². The molecule has 0 spiro atoms. The van der Waals surface area contributed by atoms with Crippen molar-refractivity contribution in [3.63, 3.8) is 0 Å². The zero-order valence-electron chi connectivity index (χ0n) is 10.3. The van der Waals surface area contributed by atoms with Crippen molar-refractivity contribution in [1.82, 2.24) is 10.6 Å². The molecule has 0 aromatic rings. The van der Waals surface area contributed by atoms with E-state index in [1.54, 1.807) is 14.2 Å². The first-order valence-electron chi connectivity index (χ1n) is 5.76. The lowest BCUT2D eigenvalue weighted by atomic mass is 10.2. The van der Waals surface area contributed by atoms with E-state index in [1.807, 2.05) is 6.92 Å². The molecule has 4 nitrogen and oxygen atoms in total. The summed E-state index contributed by atoms with van der Waals surface area (Å²) in [5, 5.41) is 7.19. The van der Waals surface area contributed by atoms with Crippen molar-refractivity contribution in [2.45, 2.75) is 44.4 Å². The topological polar surface area (TPSA) is 42.5 Å². The minimum absolute atomic E-state index is 0.229. The van der Waals surface area contributed by atoms with Gasteiger partial charge in [0.1, 0.15) is 0 Å². The average Bonchev–Trinajstić information content (AvgIpc) is 2.65. The van der Waals surface area contributed by atoms with Gasteiger partial charge in [-0.1, -0.05) is 0 Å². The summed E-state index contributed by atoms with van der Waals surface area (Å²) in [5.74, 6) is 0. The first-order valence-corrected chi connectivity index (χ1v) is 6.17. The van der Waals surface area contributed by atoms with Crippen LogP contribution in [0, 0.1) is 0 Å². The van der Waals surface area contributed by atoms with Crippen LogP contribution in [0.15, 0.2) is 0 Å². The van der Waals surface area contributed by atoms with Crippen LogP contribution in [-0.2, 0) is 9.47 Å². The molecule has 0 aliphatic heterocycles. The molecule has 3 unspecified atom stereocenters. The largest absolute Gasteiger partial charge is 0.383 e. The van der Waals surface area contributed by atoms with Crippen molar-refractivity contribution >= 4 is 17.3 Å². The van der Waals surface area contributed by atoms with E-state index < -0.39 is 0 Å². The molecule has 94 valence electrons. The zero-order valence-corrected chi connectivity index (χ0v) is 11.1. The highest BCUT2D eigenvalue weighted by Gasteiger charge is 2.27. The van der Waals surface area contributed by atoms with E-state index in [0.717, 1.165) is 12.8 Å². The third kappa shape index (κ3) is 4.23. The summed E-state index contributed by atoms with van der Waals surface area (Å²) in [4.78, 5) is 0. The molecule has 0 aromatic carbocycles. The first kappa shape index (κ1) is 13.7. The van der Waals surface area contributed by atoms with Gasteiger partial charge in [-0.25, -0.2) is 0 Å². The molecule has 0 saturated heterocycles. The van der Waals surface area contributed by atoms with Crippen LogP contribution in [0.25, 0.3) is 0 Å². The molecular weight excluding hydrogens is 224 g/mol. The predicted octanol–water partition coefficient (Wildman–Crippen LogP) is 1.05. The van der Waals surface area contributed by atoms with E-state index >= 15 is 0 Å². The first-order chi connectivity index (χ1) is 7.67. The second-order valence-electron chi connectivity index (χ2n) is 4.29. The SMILES string of the molecule is COCC(C)NC(=S)NC1CCCC1OC. The van der Waals surface area contributed by atoms with Gasteiger partial charge in [0.05, 0.1) is 18.8 Å². The van der Waals surface area contributed by atoms with Gasteiger partial charge in [0, 0.05) is 20.3 Å². The number of ether oxygens (including phenoxy) is 2. The standard InChI is InChI=1S/C11H22N2O2S/c1-8(7-14-2)12-11(16)13-9-5-4-6-10(9)15-3/h8-10H,4-7H2,1-3H3,(H2,12,13,16). The number of nitrogens with one attached hydrogen (secondary N) is 2. The highest BCUT2D eigenvalue weighted by molar-refractivity contribution is 7.80. The van der Waals surface area contributed by atoms with Gasteiger partial charge in [0.15, 0.2) is 5.11 Å². The lowest BCUT2D eigenvalue weighted by Gasteiger charge is -2.23. The van der Waals surface area contributed by atoms with Gasteiger partial charge in [-0.05, 0) is 38.4 Å². The van der Waals surface area contributed by atoms with Gasteiger partial charge in [-0.2, -0.15) is 0 Å². The van der Waals surface area contributed by atoms with Crippen LogP contribution >= 0.6 is 12.2 Å². The molecule has 16 heavy (non-hydrogen) atoms. The minimum Gasteiger partial charge on any atom is -0.383 e. The number of hydrogen-bond donors (Lipinski definition) is 2. The van der Waals surface area contributed by atoms with Crippen molar-refractivity contribution < 1.29 is 9.47 Å². The summed E-state index contributed by atoms with van der Waals surface area (Å²) in [7, 11) is 3.45. The normalized spacial score (nSPS) is 26.4. The van der Waals surface area contributed by atoms with Gasteiger partial charge in [-0.3, -0.25) is 0 Å². The molecule has 5 heteroatoms. The van der Waals surface area contributed by atoms with Crippen molar-refractivity contribution in [2.75, 3.05) is 20.8 Å². The zero-order chi connectivity index (χ0) is 12.0. The molecule has 1 aliphatic rings. The molecule has 0 radical (unpaired) electrons. The van der Waals surface area contributed by atoms with E-state index in [1.165, 1.54) is 6.42 Å². The molecule has 1 aliphatic carbocycles. The maximum absolute atomic E-state index is 5.40. The molecular formula is C11H22N2O2S. The fourth-order valence-corrected chi connectivity index (χ4v) is 2.45. The minimum atomic E-state index is 0.229. The third-order valence-corrected chi connectivity index (χ3v) is 3.10. The summed E-state index contributed by atoms with van der Waals surface area (Å²) in [6.07, 6.45) is 3.73. The maximum Gasteiger partial charge on any atom is 0.166 e. The van der Waals surface area contributed by atoms with Crippen LogP contribution in [0.2, 0.25) is 0 Å². The summed E-state index contributed by atoms with van der Waals surface area (Å²) >= 11 is 5.25. The Kier molecular flexibility index (Phi) is 6.01. The van der Waals surface area contributed by atoms with Crippen molar-refractivity contribution in [1.29, 1.82) is 0 Å². The molecule has 1 fully saturated rings. The van der Waals surface area contributed by atoms with E-state index in [2.05, 4.69) is 10.6 Å². The number of methoxy groups -OCH3 is 2. The van der Waals surface area contributed by atoms with E-state index in [0.29, 0.717) is 17.8 Å². The lowest BCUT2D eigenvalue weighted by Crippen LogP contribution is -2.49. The Bertz CT molecular complexity index is 226. The Balaban J connectivity index is 2.28. The fourth-order valence-electron chi connectivity index (χ4n) is 2.10. The van der Waals surface area contributed by atoms with E-state index in [-0.39, 0.29) is 12.1 Å². The summed E-state index contributed by atoms with van der Waals surface area (Å²) in [6, 6.07) is 0.576. The second-order valence-corrected chi connectivity index (χ2v) is 4.69. The van der Waals surface area contributed by atoms with Crippen LogP contribution in [0.1, 0.15) is 26.2 Å². The van der Waals surface area contributed by atoms with Crippen molar-refractivity contribution in [3.05, 3.63) is 0 Å². The van der Waals surface area contributed by atoms with Gasteiger partial charge in [-0.15, -0.1) is 0 Å². The molecule has 1 rings (SSSR count). The van der Waals surface area contributed by atoms with Gasteiger partial charge in [0.2, 0.25) is 0 Å². The lowest BCUT2D eigenvalue weighted by molar-refractivity contribution is 0.0905. The average molecular weight is 246 g/mol. The fraction of sp³-hybridized carbons (Fsp3) is 0.909. The highest BCUT2D eigenvalue weighted by atomic mass is 32.1. The molecule has 0 bridgehead atoms. The summed E-state index contributed by atoms with van der Waals surface area (Å²) in [6.45, 7) is 2.69. The third-order valence-electron chi connectivity index (χ3n) is 2.87. The van der Waals surface area contributed by atoms with Crippen LogP contribution in [0.5, 0.6) is 0 Å². The van der Waals surface area contributed by atoms with E-state index in [9.17, 15) is 0 Å². The van der Waals surface area contributed by atoms with Gasteiger partial charge in [0.25, 0.3) is 0 Å². The molecule has 2 N–H and O–H groups in total. The van der Waals surface area contributed by atoms with Crippen LogP contribution in [-0.4, -0.2) is 44.1 Å². The molecule has 3 atom stereocenters. The number of thiocarbonyl (C=S) groups is 1. The van der Waals surface area contributed by atoms with E-state index in [4.69, 9.17) is 21.7 Å². The molecule has 1 saturated carbocycles. The Morgan fingerprint density at radius 3 is 2.81 bits per heavy atom. The molecule has 0 heterocycles. The Hall–Kier alpha value is -0.390. The van der Waals surface area contributed by atoms with Crippen LogP contribution < -0.4 is 10.6 Å².